The van der Waals surface area contributed by atoms with Crippen molar-refractivity contribution in [1.82, 2.24) is 0 Å². The predicted molar refractivity (Wildman–Crippen MR) is 43.1 cm³/mol. The van der Waals surface area contributed by atoms with Crippen molar-refractivity contribution in [2.75, 3.05) is 20.5 Å². The zero-order valence-electron chi connectivity index (χ0n) is 6.94. The summed E-state index contributed by atoms with van der Waals surface area (Å²) in [6, 6.07) is 0. The van der Waals surface area contributed by atoms with Gasteiger partial charge in [0.15, 0.2) is 8.46 Å². The van der Waals surface area contributed by atoms with Gasteiger partial charge in [0.1, 0.15) is 0 Å². The number of ether oxygens (including phenoxy) is 2. The quantitative estimate of drug-likeness (QED) is 0.355. The summed E-state index contributed by atoms with van der Waals surface area (Å²) in [6.45, 7) is 0. The number of hydrogen-bond acceptors (Lipinski definition) is 6. The lowest BCUT2D eigenvalue weighted by atomic mass is 11.2. The van der Waals surface area contributed by atoms with E-state index >= 15 is 0 Å². The fourth-order valence-corrected chi connectivity index (χ4v) is 1.91. The van der Waals surface area contributed by atoms with Crippen LogP contribution in [-0.4, -0.2) is 34.6 Å². The second-order valence-corrected chi connectivity index (χ2v) is 4.43. The molecule has 1 atom stereocenters. The Bertz CT molecular complexity index is 242. The van der Waals surface area contributed by atoms with Crippen molar-refractivity contribution in [3.05, 3.63) is 0 Å². The topological polar surface area (TPSA) is 78.9 Å². The van der Waals surface area contributed by atoms with Gasteiger partial charge < -0.3 is 14.0 Å². The molecule has 0 amide bonds. The third-order valence-corrected chi connectivity index (χ3v) is 2.56. The Balaban J connectivity index is 4.64. The van der Waals surface area contributed by atoms with E-state index in [-0.39, 0.29) is 0 Å². The van der Waals surface area contributed by atoms with E-state index in [1.807, 2.05) is 0 Å². The molecule has 0 aromatic carbocycles. The normalized spacial score (nSPS) is 14.2. The van der Waals surface area contributed by atoms with Crippen molar-refractivity contribution >= 4 is 18.6 Å². The highest BCUT2D eigenvalue weighted by Crippen LogP contribution is 2.27. The van der Waals surface area contributed by atoms with E-state index in [9.17, 15) is 13.0 Å². The van der Waals surface area contributed by atoms with Crippen molar-refractivity contribution in [1.29, 1.82) is 0 Å². The van der Waals surface area contributed by atoms with E-state index < -0.39 is 24.3 Å². The van der Waals surface area contributed by atoms with Gasteiger partial charge in [-0.3, -0.25) is 0 Å². The van der Waals surface area contributed by atoms with Gasteiger partial charge in [-0.25, -0.2) is 4.18 Å². The van der Waals surface area contributed by atoms with Crippen LogP contribution in [-0.2, 0) is 28.3 Å². The van der Waals surface area contributed by atoms with Crippen molar-refractivity contribution in [3.63, 3.8) is 0 Å². The van der Waals surface area contributed by atoms with Crippen LogP contribution in [0.5, 0.6) is 0 Å². The Morgan fingerprint density at radius 2 is 1.67 bits per heavy atom. The summed E-state index contributed by atoms with van der Waals surface area (Å²) < 4.78 is 45.1. The monoisotopic (exact) mass is 218 g/mol. The molecule has 0 radical (unpaired) electrons. The fraction of sp³-hybridized carbons (Fsp3) is 1.00. The smallest absolute Gasteiger partial charge is 0.325 e. The van der Waals surface area contributed by atoms with Crippen LogP contribution in [0.4, 0.5) is 0 Å². The maximum atomic E-state index is 10.6. The standard InChI is InChI=1S/C4H11O6PS/c1-8-4(9-2,11-5)10-12(3,6)7/h11H2,1-3H3. The van der Waals surface area contributed by atoms with Gasteiger partial charge in [-0.15, -0.1) is 0 Å². The average molecular weight is 218 g/mol. The molecule has 0 rings (SSSR count). The summed E-state index contributed by atoms with van der Waals surface area (Å²) in [5.74, 6) is 0. The molecule has 0 heterocycles. The zero-order chi connectivity index (χ0) is 9.83. The molecule has 0 saturated heterocycles. The molecule has 0 bridgehead atoms. The SMILES string of the molecule is COC(OC)(OS(C)(=O)=O)[PH2]=O. The van der Waals surface area contributed by atoms with Gasteiger partial charge in [0.25, 0.3) is 10.1 Å². The second kappa shape index (κ2) is 4.34. The Hall–Kier alpha value is 0.0600. The first-order valence-corrected chi connectivity index (χ1v) is 5.73. The number of methoxy groups -OCH3 is 2. The predicted octanol–water partition coefficient (Wildman–Crippen LogP) is -0.377. The first kappa shape index (κ1) is 12.1. The van der Waals surface area contributed by atoms with Crippen LogP contribution in [0.3, 0.4) is 0 Å². The van der Waals surface area contributed by atoms with Gasteiger partial charge in [0.05, 0.1) is 6.26 Å². The van der Waals surface area contributed by atoms with Gasteiger partial charge in [0, 0.05) is 14.2 Å². The van der Waals surface area contributed by atoms with Crippen molar-refractivity contribution in [2.45, 2.75) is 5.71 Å². The minimum atomic E-state index is -3.75. The molecule has 0 aliphatic heterocycles. The van der Waals surface area contributed by atoms with Crippen molar-refractivity contribution < 1.29 is 26.6 Å². The third kappa shape index (κ3) is 3.64. The lowest BCUT2D eigenvalue weighted by Gasteiger charge is -2.22. The summed E-state index contributed by atoms with van der Waals surface area (Å²) in [5, 5.41) is 0. The van der Waals surface area contributed by atoms with E-state index in [2.05, 4.69) is 13.7 Å². The molecular weight excluding hydrogens is 207 g/mol. The Morgan fingerprint density at radius 1 is 1.25 bits per heavy atom. The number of hydrogen-bond donors (Lipinski definition) is 0. The van der Waals surface area contributed by atoms with Crippen LogP contribution in [0.1, 0.15) is 0 Å². The first-order chi connectivity index (χ1) is 5.39. The van der Waals surface area contributed by atoms with E-state index in [1.165, 1.54) is 0 Å². The third-order valence-electron chi connectivity index (χ3n) is 0.981. The maximum absolute atomic E-state index is 10.6. The van der Waals surface area contributed by atoms with Gasteiger partial charge in [0.2, 0.25) is 0 Å². The lowest BCUT2D eigenvalue weighted by Crippen LogP contribution is -2.32. The van der Waals surface area contributed by atoms with Crippen LogP contribution in [0.2, 0.25) is 0 Å². The largest absolute Gasteiger partial charge is 0.345 e. The molecule has 8 heteroatoms. The molecule has 0 spiro atoms. The van der Waals surface area contributed by atoms with Crippen LogP contribution < -0.4 is 0 Å². The molecule has 12 heavy (non-hydrogen) atoms. The minimum Gasteiger partial charge on any atom is -0.325 e. The lowest BCUT2D eigenvalue weighted by molar-refractivity contribution is -0.253. The molecular formula is C4H11O6PS. The molecule has 0 N–H and O–H groups in total. The van der Waals surface area contributed by atoms with Gasteiger partial charge in [-0.05, 0) is 0 Å². The van der Waals surface area contributed by atoms with Crippen LogP contribution in [0.15, 0.2) is 0 Å². The molecule has 1 unspecified atom stereocenters. The van der Waals surface area contributed by atoms with Gasteiger partial charge in [-0.1, -0.05) is 0 Å². The highest BCUT2D eigenvalue weighted by atomic mass is 32.2. The van der Waals surface area contributed by atoms with E-state index in [4.69, 9.17) is 0 Å². The van der Waals surface area contributed by atoms with Crippen molar-refractivity contribution in [2.24, 2.45) is 0 Å². The Kier molecular flexibility index (Phi) is 4.36. The molecule has 0 aromatic heterocycles. The molecule has 0 fully saturated rings. The molecule has 0 aliphatic rings. The van der Waals surface area contributed by atoms with Crippen LogP contribution in [0.25, 0.3) is 0 Å². The summed E-state index contributed by atoms with van der Waals surface area (Å²) in [7, 11) is -3.15. The Labute approximate surface area is 72.1 Å². The molecule has 6 nitrogen and oxygen atoms in total. The molecule has 0 aromatic rings. The van der Waals surface area contributed by atoms with Crippen LogP contribution >= 0.6 is 8.46 Å². The summed E-state index contributed by atoms with van der Waals surface area (Å²) >= 11 is 0. The van der Waals surface area contributed by atoms with E-state index in [1.54, 1.807) is 0 Å². The second-order valence-electron chi connectivity index (χ2n) is 1.92. The van der Waals surface area contributed by atoms with Gasteiger partial charge in [-0.2, -0.15) is 8.42 Å². The summed E-state index contributed by atoms with van der Waals surface area (Å²) in [5.41, 5.74) is -1.95. The van der Waals surface area contributed by atoms with Crippen LogP contribution in [0, 0.1) is 0 Å². The fourth-order valence-electron chi connectivity index (χ4n) is 0.478. The summed E-state index contributed by atoms with van der Waals surface area (Å²) in [6.07, 6.45) is 0.814. The Morgan fingerprint density at radius 3 is 1.75 bits per heavy atom. The van der Waals surface area contributed by atoms with Gasteiger partial charge >= 0.3 is 5.71 Å². The molecule has 0 saturated carbocycles. The average Bonchev–Trinajstić information content (AvgIpc) is 1.99. The highest BCUT2D eigenvalue weighted by molar-refractivity contribution is 7.86. The summed E-state index contributed by atoms with van der Waals surface area (Å²) in [4.78, 5) is 0. The zero-order valence-corrected chi connectivity index (χ0v) is 8.91. The van der Waals surface area contributed by atoms with E-state index in [0.717, 1.165) is 20.5 Å². The molecule has 0 aliphatic carbocycles. The number of rotatable bonds is 5. The van der Waals surface area contributed by atoms with Crippen molar-refractivity contribution in [3.8, 4) is 0 Å². The maximum Gasteiger partial charge on any atom is 0.345 e. The minimum absolute atomic E-state index is 0.814. The highest BCUT2D eigenvalue weighted by Gasteiger charge is 2.34. The molecule has 74 valence electrons. The van der Waals surface area contributed by atoms with E-state index in [0.29, 0.717) is 0 Å². The first-order valence-electron chi connectivity index (χ1n) is 2.86.